The van der Waals surface area contributed by atoms with Gasteiger partial charge in [-0.2, -0.15) is 23.5 Å². The average Bonchev–Trinajstić information content (AvgIpc) is 2.94. The lowest BCUT2D eigenvalue weighted by molar-refractivity contribution is 0.581. The Morgan fingerprint density at radius 1 is 1.45 bits per heavy atom. The van der Waals surface area contributed by atoms with Crippen LogP contribution in [-0.4, -0.2) is 49.0 Å². The molecule has 2 rings (SSSR count). The van der Waals surface area contributed by atoms with Gasteiger partial charge in [-0.25, -0.2) is 13.1 Å². The van der Waals surface area contributed by atoms with Crippen LogP contribution >= 0.6 is 23.5 Å². The molecule has 1 aliphatic rings. The highest BCUT2D eigenvalue weighted by atomic mass is 32.2. The molecule has 3 N–H and O–H groups in total. The molecule has 0 aliphatic carbocycles. The minimum absolute atomic E-state index is 0.318. The molecule has 2 heterocycles. The molecule has 0 saturated carbocycles. The van der Waals surface area contributed by atoms with E-state index >= 15 is 0 Å². The van der Waals surface area contributed by atoms with Gasteiger partial charge in [0.25, 0.3) is 0 Å². The first kappa shape index (κ1) is 16.2. The van der Waals surface area contributed by atoms with Crippen LogP contribution in [0.2, 0.25) is 0 Å². The summed E-state index contributed by atoms with van der Waals surface area (Å²) in [7, 11) is -3.40. The van der Waals surface area contributed by atoms with Crippen molar-refractivity contribution in [3.8, 4) is 0 Å². The van der Waals surface area contributed by atoms with Crippen molar-refractivity contribution in [2.75, 3.05) is 30.3 Å². The Labute approximate surface area is 129 Å². The van der Waals surface area contributed by atoms with E-state index in [1.807, 2.05) is 30.4 Å². The standard InChI is InChI=1S/C12H21N3O2S3/c1-2-13-6-10-5-12(8-14-10)20(16,17)15-7-11-9-18-3-4-19-11/h5,8,11,13-15H,2-4,6-7,9H2,1H3. The van der Waals surface area contributed by atoms with Gasteiger partial charge < -0.3 is 10.3 Å². The third-order valence-electron chi connectivity index (χ3n) is 2.98. The Balaban J connectivity index is 1.90. The van der Waals surface area contributed by atoms with E-state index in [4.69, 9.17) is 0 Å². The fraction of sp³-hybridized carbons (Fsp3) is 0.667. The zero-order chi connectivity index (χ0) is 14.4. The van der Waals surface area contributed by atoms with Gasteiger partial charge in [0.05, 0.1) is 4.90 Å². The summed E-state index contributed by atoms with van der Waals surface area (Å²) in [6.45, 7) is 4.03. The minimum atomic E-state index is -3.40. The first-order valence-corrected chi connectivity index (χ1v) is 10.4. The molecule has 0 amide bonds. The van der Waals surface area contributed by atoms with Gasteiger partial charge in [0, 0.05) is 47.5 Å². The highest BCUT2D eigenvalue weighted by Crippen LogP contribution is 2.23. The summed E-state index contributed by atoms with van der Waals surface area (Å²) in [5.74, 6) is 3.29. The van der Waals surface area contributed by atoms with Gasteiger partial charge in [-0.3, -0.25) is 0 Å². The van der Waals surface area contributed by atoms with Crippen LogP contribution in [0.3, 0.4) is 0 Å². The predicted molar refractivity (Wildman–Crippen MR) is 86.9 cm³/mol. The van der Waals surface area contributed by atoms with E-state index in [0.717, 1.165) is 23.7 Å². The number of hydrogen-bond acceptors (Lipinski definition) is 5. The van der Waals surface area contributed by atoms with Gasteiger partial charge >= 0.3 is 0 Å². The molecule has 114 valence electrons. The molecule has 8 heteroatoms. The maximum Gasteiger partial charge on any atom is 0.242 e. The molecule has 0 spiro atoms. The SMILES string of the molecule is CCNCc1cc(S(=O)(=O)NCC2CSCCS2)c[nH]1. The molecule has 1 aliphatic heterocycles. The minimum Gasteiger partial charge on any atom is -0.363 e. The Kier molecular flexibility index (Phi) is 6.28. The van der Waals surface area contributed by atoms with Crippen LogP contribution in [0, 0.1) is 0 Å². The lowest BCUT2D eigenvalue weighted by Crippen LogP contribution is -2.33. The first-order valence-electron chi connectivity index (χ1n) is 6.69. The first-order chi connectivity index (χ1) is 9.62. The van der Waals surface area contributed by atoms with Crippen molar-refractivity contribution < 1.29 is 8.42 Å². The molecule has 1 atom stereocenters. The van der Waals surface area contributed by atoms with E-state index < -0.39 is 10.0 Å². The van der Waals surface area contributed by atoms with Crippen molar-refractivity contribution in [2.45, 2.75) is 23.6 Å². The fourth-order valence-corrected chi connectivity index (χ4v) is 5.69. The summed E-state index contributed by atoms with van der Waals surface area (Å²) < 4.78 is 27.1. The Hall–Kier alpha value is -0.150. The average molecular weight is 336 g/mol. The van der Waals surface area contributed by atoms with Crippen LogP contribution in [-0.2, 0) is 16.6 Å². The molecule has 1 fully saturated rings. The van der Waals surface area contributed by atoms with Gasteiger partial charge in [-0.1, -0.05) is 6.92 Å². The molecular weight excluding hydrogens is 314 g/mol. The van der Waals surface area contributed by atoms with Crippen molar-refractivity contribution in [1.29, 1.82) is 0 Å². The number of rotatable bonds is 7. The molecule has 0 bridgehead atoms. The van der Waals surface area contributed by atoms with Crippen LogP contribution in [0.4, 0.5) is 0 Å². The van der Waals surface area contributed by atoms with Gasteiger partial charge in [0.1, 0.15) is 0 Å². The summed E-state index contributed by atoms with van der Waals surface area (Å²) in [6.07, 6.45) is 1.55. The van der Waals surface area contributed by atoms with Crippen molar-refractivity contribution in [3.05, 3.63) is 18.0 Å². The second-order valence-electron chi connectivity index (χ2n) is 4.56. The van der Waals surface area contributed by atoms with Crippen LogP contribution in [0.1, 0.15) is 12.6 Å². The van der Waals surface area contributed by atoms with Gasteiger partial charge in [0.2, 0.25) is 10.0 Å². The Morgan fingerprint density at radius 3 is 3.00 bits per heavy atom. The lowest BCUT2D eigenvalue weighted by Gasteiger charge is -2.20. The van der Waals surface area contributed by atoms with E-state index in [0.29, 0.717) is 23.2 Å². The van der Waals surface area contributed by atoms with Crippen molar-refractivity contribution in [2.24, 2.45) is 0 Å². The zero-order valence-electron chi connectivity index (χ0n) is 11.5. The largest absolute Gasteiger partial charge is 0.363 e. The summed E-state index contributed by atoms with van der Waals surface area (Å²) >= 11 is 3.74. The van der Waals surface area contributed by atoms with Crippen molar-refractivity contribution in [3.63, 3.8) is 0 Å². The van der Waals surface area contributed by atoms with Gasteiger partial charge in [-0.05, 0) is 12.6 Å². The normalized spacial score (nSPS) is 20.1. The number of sulfonamides is 1. The number of aromatic amines is 1. The van der Waals surface area contributed by atoms with Crippen LogP contribution in [0.5, 0.6) is 0 Å². The third-order valence-corrected chi connectivity index (χ3v) is 7.23. The number of nitrogens with one attached hydrogen (secondary N) is 3. The molecular formula is C12H21N3O2S3. The summed E-state index contributed by atoms with van der Waals surface area (Å²) in [6, 6.07) is 1.69. The number of H-pyrrole nitrogens is 1. The maximum absolute atomic E-state index is 12.2. The highest BCUT2D eigenvalue weighted by Gasteiger charge is 2.20. The molecule has 0 aromatic carbocycles. The van der Waals surface area contributed by atoms with Crippen molar-refractivity contribution in [1.82, 2.24) is 15.0 Å². The van der Waals surface area contributed by atoms with Gasteiger partial charge in [-0.15, -0.1) is 0 Å². The fourth-order valence-electron chi connectivity index (χ4n) is 1.88. The third kappa shape index (κ3) is 4.70. The second kappa shape index (κ2) is 7.74. The number of hydrogen-bond donors (Lipinski definition) is 3. The van der Waals surface area contributed by atoms with Gasteiger partial charge in [0.15, 0.2) is 0 Å². The lowest BCUT2D eigenvalue weighted by atomic mass is 10.4. The summed E-state index contributed by atoms with van der Waals surface area (Å²) in [5.41, 5.74) is 0.884. The van der Waals surface area contributed by atoms with E-state index in [1.165, 1.54) is 5.75 Å². The Morgan fingerprint density at radius 2 is 2.30 bits per heavy atom. The quantitative estimate of drug-likeness (QED) is 0.699. The number of thioether (sulfide) groups is 2. The highest BCUT2D eigenvalue weighted by molar-refractivity contribution is 8.06. The maximum atomic E-state index is 12.2. The van der Waals surface area contributed by atoms with E-state index in [1.54, 1.807) is 12.3 Å². The molecule has 1 saturated heterocycles. The topological polar surface area (TPSA) is 74.0 Å². The predicted octanol–water partition coefficient (Wildman–Crippen LogP) is 1.25. The van der Waals surface area contributed by atoms with E-state index in [9.17, 15) is 8.42 Å². The Bertz CT molecular complexity index is 510. The monoisotopic (exact) mass is 335 g/mol. The van der Waals surface area contributed by atoms with E-state index in [2.05, 4.69) is 15.0 Å². The summed E-state index contributed by atoms with van der Waals surface area (Å²) in [5, 5.41) is 3.54. The molecule has 1 aromatic heterocycles. The van der Waals surface area contributed by atoms with E-state index in [-0.39, 0.29) is 0 Å². The molecule has 20 heavy (non-hydrogen) atoms. The summed E-state index contributed by atoms with van der Waals surface area (Å²) in [4.78, 5) is 3.31. The molecule has 0 radical (unpaired) electrons. The van der Waals surface area contributed by atoms with Crippen LogP contribution < -0.4 is 10.0 Å². The molecule has 1 unspecified atom stereocenters. The van der Waals surface area contributed by atoms with Crippen LogP contribution in [0.15, 0.2) is 17.2 Å². The van der Waals surface area contributed by atoms with Crippen molar-refractivity contribution >= 4 is 33.5 Å². The number of aromatic nitrogens is 1. The van der Waals surface area contributed by atoms with Crippen LogP contribution in [0.25, 0.3) is 0 Å². The smallest absolute Gasteiger partial charge is 0.242 e. The molecule has 1 aromatic rings. The zero-order valence-corrected chi connectivity index (χ0v) is 14.0. The second-order valence-corrected chi connectivity index (χ2v) is 8.89. The molecule has 5 nitrogen and oxygen atoms in total.